The lowest BCUT2D eigenvalue weighted by Crippen LogP contribution is -2.38. The molecule has 0 saturated carbocycles. The number of aromatic nitrogens is 1. The zero-order chi connectivity index (χ0) is 23.2. The first-order valence-corrected chi connectivity index (χ1v) is 11.6. The van der Waals surface area contributed by atoms with Gasteiger partial charge in [0.1, 0.15) is 11.5 Å². The number of ether oxygens (including phenoxy) is 1. The molecule has 0 N–H and O–H groups in total. The average Bonchev–Trinajstić information content (AvgIpc) is 3.50. The molecule has 2 aromatic carbocycles. The number of carbonyl (C=O) groups is 1. The summed E-state index contributed by atoms with van der Waals surface area (Å²) < 4.78 is 26.2. The minimum absolute atomic E-state index is 0.0533. The molecule has 33 heavy (non-hydrogen) atoms. The van der Waals surface area contributed by atoms with Crippen LogP contribution in [0.4, 0.5) is 10.3 Å². The molecule has 1 fully saturated rings. The highest BCUT2D eigenvalue weighted by molar-refractivity contribution is 5.94. The molecule has 1 unspecified atom stereocenters. The molecule has 1 saturated heterocycles. The van der Waals surface area contributed by atoms with Crippen LogP contribution in [0.1, 0.15) is 42.6 Å². The summed E-state index contributed by atoms with van der Waals surface area (Å²) in [6, 6.07) is 15.9. The fourth-order valence-corrected chi connectivity index (χ4v) is 4.27. The van der Waals surface area contributed by atoms with Crippen LogP contribution in [-0.2, 0) is 11.3 Å². The van der Waals surface area contributed by atoms with Gasteiger partial charge in [-0.1, -0.05) is 47.6 Å². The fourth-order valence-electron chi connectivity index (χ4n) is 4.27. The SMILES string of the molecule is CCN(CC)c1onc(-c2ccccc2)c1CN(CC1CCCO1)C(=O)c1ccccc1F. The number of hydrogen-bond acceptors (Lipinski definition) is 5. The van der Waals surface area contributed by atoms with Gasteiger partial charge in [0.2, 0.25) is 5.88 Å². The van der Waals surface area contributed by atoms with Gasteiger partial charge in [0, 0.05) is 31.8 Å². The van der Waals surface area contributed by atoms with E-state index in [1.54, 1.807) is 17.0 Å². The van der Waals surface area contributed by atoms with Crippen LogP contribution in [0, 0.1) is 5.82 Å². The van der Waals surface area contributed by atoms with E-state index in [0.29, 0.717) is 24.7 Å². The highest BCUT2D eigenvalue weighted by Gasteiger charge is 2.29. The first kappa shape index (κ1) is 23.0. The van der Waals surface area contributed by atoms with Crippen molar-refractivity contribution in [2.45, 2.75) is 39.3 Å². The number of carbonyl (C=O) groups excluding carboxylic acids is 1. The highest BCUT2D eigenvalue weighted by Crippen LogP contribution is 2.33. The van der Waals surface area contributed by atoms with Crippen LogP contribution >= 0.6 is 0 Å². The number of amides is 1. The zero-order valence-corrected chi connectivity index (χ0v) is 19.2. The summed E-state index contributed by atoms with van der Waals surface area (Å²) in [5, 5.41) is 4.38. The van der Waals surface area contributed by atoms with Crippen molar-refractivity contribution in [1.82, 2.24) is 10.1 Å². The van der Waals surface area contributed by atoms with E-state index in [1.807, 2.05) is 44.2 Å². The van der Waals surface area contributed by atoms with Crippen LogP contribution in [-0.4, -0.2) is 48.3 Å². The van der Waals surface area contributed by atoms with Crippen LogP contribution in [0.25, 0.3) is 11.3 Å². The number of hydrogen-bond donors (Lipinski definition) is 0. The Kier molecular flexibility index (Phi) is 7.40. The van der Waals surface area contributed by atoms with Gasteiger partial charge in [-0.3, -0.25) is 4.79 Å². The van der Waals surface area contributed by atoms with E-state index in [2.05, 4.69) is 10.1 Å². The van der Waals surface area contributed by atoms with Gasteiger partial charge in [0.15, 0.2) is 0 Å². The lowest BCUT2D eigenvalue weighted by molar-refractivity contribution is 0.0504. The molecule has 1 atom stereocenters. The Bertz CT molecular complexity index is 1060. The maximum atomic E-state index is 14.5. The molecular formula is C26H30FN3O3. The third kappa shape index (κ3) is 5.09. The summed E-state index contributed by atoms with van der Waals surface area (Å²) in [6.07, 6.45) is 1.76. The summed E-state index contributed by atoms with van der Waals surface area (Å²) in [5.74, 6) is -0.260. The second-order valence-corrected chi connectivity index (χ2v) is 8.15. The van der Waals surface area contributed by atoms with Crippen molar-refractivity contribution in [1.29, 1.82) is 0 Å². The predicted molar refractivity (Wildman–Crippen MR) is 126 cm³/mol. The summed E-state index contributed by atoms with van der Waals surface area (Å²) in [4.78, 5) is 17.3. The standard InChI is InChI=1S/C26H30FN3O3/c1-3-29(4-2)26-22(24(28-33-26)19-11-6-5-7-12-19)18-30(17-20-13-10-16-32-20)25(31)21-14-8-9-15-23(21)27/h5-9,11-12,14-15,20H,3-4,10,13,16-18H2,1-2H3. The number of nitrogens with zero attached hydrogens (tertiary/aromatic N) is 3. The normalized spacial score (nSPS) is 15.5. The molecule has 0 spiro atoms. The first-order valence-electron chi connectivity index (χ1n) is 11.6. The van der Waals surface area contributed by atoms with Gasteiger partial charge in [-0.2, -0.15) is 0 Å². The fraction of sp³-hybridized carbons (Fsp3) is 0.385. The van der Waals surface area contributed by atoms with Gasteiger partial charge < -0.3 is 19.1 Å². The highest BCUT2D eigenvalue weighted by atomic mass is 19.1. The van der Waals surface area contributed by atoms with E-state index < -0.39 is 5.82 Å². The van der Waals surface area contributed by atoms with Crippen molar-refractivity contribution in [3.63, 3.8) is 0 Å². The molecule has 3 aromatic rings. The Morgan fingerprint density at radius 1 is 1.09 bits per heavy atom. The molecule has 174 valence electrons. The lowest BCUT2D eigenvalue weighted by atomic mass is 10.1. The summed E-state index contributed by atoms with van der Waals surface area (Å²) in [7, 11) is 0. The van der Waals surface area contributed by atoms with Crippen molar-refractivity contribution in [2.24, 2.45) is 0 Å². The van der Waals surface area contributed by atoms with Gasteiger partial charge in [0.25, 0.3) is 5.91 Å². The molecule has 4 rings (SSSR count). The third-order valence-corrected chi connectivity index (χ3v) is 6.05. The predicted octanol–water partition coefficient (Wildman–Crippen LogP) is 5.15. The van der Waals surface area contributed by atoms with Gasteiger partial charge in [0.05, 0.1) is 23.8 Å². The lowest BCUT2D eigenvalue weighted by Gasteiger charge is -2.27. The molecule has 1 aromatic heterocycles. The Balaban J connectivity index is 1.74. The number of benzene rings is 2. The molecule has 1 aliphatic heterocycles. The Labute approximate surface area is 193 Å². The van der Waals surface area contributed by atoms with Gasteiger partial charge in [-0.15, -0.1) is 0 Å². The van der Waals surface area contributed by atoms with E-state index >= 15 is 0 Å². The molecule has 2 heterocycles. The number of halogens is 1. The quantitative estimate of drug-likeness (QED) is 0.450. The van der Waals surface area contributed by atoms with E-state index in [1.165, 1.54) is 12.1 Å². The molecule has 7 heteroatoms. The molecule has 0 bridgehead atoms. The Morgan fingerprint density at radius 3 is 2.48 bits per heavy atom. The zero-order valence-electron chi connectivity index (χ0n) is 19.2. The van der Waals surface area contributed by atoms with E-state index in [0.717, 1.165) is 37.1 Å². The molecule has 6 nitrogen and oxygen atoms in total. The first-order chi connectivity index (χ1) is 16.1. The third-order valence-electron chi connectivity index (χ3n) is 6.05. The molecule has 1 aliphatic rings. The molecule has 0 radical (unpaired) electrons. The van der Waals surface area contributed by atoms with E-state index in [-0.39, 0.29) is 24.1 Å². The smallest absolute Gasteiger partial charge is 0.257 e. The summed E-state index contributed by atoms with van der Waals surface area (Å²) in [6.45, 7) is 6.87. The average molecular weight is 452 g/mol. The van der Waals surface area contributed by atoms with Crippen molar-refractivity contribution in [3.8, 4) is 11.3 Å². The maximum Gasteiger partial charge on any atom is 0.257 e. The molecular weight excluding hydrogens is 421 g/mol. The molecule has 0 aliphatic carbocycles. The van der Waals surface area contributed by atoms with Crippen molar-refractivity contribution < 1.29 is 18.4 Å². The Morgan fingerprint density at radius 2 is 1.82 bits per heavy atom. The Hall–Kier alpha value is -3.19. The molecule has 1 amide bonds. The maximum absolute atomic E-state index is 14.5. The second kappa shape index (κ2) is 10.6. The van der Waals surface area contributed by atoms with Crippen LogP contribution in [0.15, 0.2) is 59.1 Å². The summed E-state index contributed by atoms with van der Waals surface area (Å²) in [5.41, 5.74) is 2.46. The van der Waals surface area contributed by atoms with Gasteiger partial charge in [-0.25, -0.2) is 4.39 Å². The number of rotatable bonds is 9. The number of anilines is 1. The van der Waals surface area contributed by atoms with Crippen LogP contribution < -0.4 is 4.90 Å². The van der Waals surface area contributed by atoms with Crippen LogP contribution in [0.2, 0.25) is 0 Å². The van der Waals surface area contributed by atoms with Crippen molar-refractivity contribution >= 4 is 11.8 Å². The van der Waals surface area contributed by atoms with Gasteiger partial charge in [-0.05, 0) is 38.8 Å². The van der Waals surface area contributed by atoms with Crippen LogP contribution in [0.3, 0.4) is 0 Å². The topological polar surface area (TPSA) is 58.8 Å². The van der Waals surface area contributed by atoms with Crippen molar-refractivity contribution in [3.05, 3.63) is 71.5 Å². The monoisotopic (exact) mass is 451 g/mol. The van der Waals surface area contributed by atoms with E-state index in [4.69, 9.17) is 9.26 Å². The summed E-state index contributed by atoms with van der Waals surface area (Å²) >= 11 is 0. The second-order valence-electron chi connectivity index (χ2n) is 8.15. The minimum atomic E-state index is -0.530. The van der Waals surface area contributed by atoms with Crippen molar-refractivity contribution in [2.75, 3.05) is 31.1 Å². The van der Waals surface area contributed by atoms with E-state index in [9.17, 15) is 9.18 Å². The largest absolute Gasteiger partial charge is 0.376 e. The van der Waals surface area contributed by atoms with Crippen LogP contribution in [0.5, 0.6) is 0 Å². The van der Waals surface area contributed by atoms with Gasteiger partial charge >= 0.3 is 0 Å². The minimum Gasteiger partial charge on any atom is -0.376 e.